The summed E-state index contributed by atoms with van der Waals surface area (Å²) in [6.45, 7) is 1.30. The van der Waals surface area contributed by atoms with Gasteiger partial charge in [-0.2, -0.15) is 5.10 Å². The average Bonchev–Trinajstić information content (AvgIpc) is 2.93. The molecule has 1 aliphatic rings. The van der Waals surface area contributed by atoms with Crippen LogP contribution in [-0.4, -0.2) is 15.8 Å². The van der Waals surface area contributed by atoms with Gasteiger partial charge in [0.05, 0.1) is 25.2 Å². The zero-order valence-corrected chi connectivity index (χ0v) is 10.4. The summed E-state index contributed by atoms with van der Waals surface area (Å²) in [6, 6.07) is 2.64. The Morgan fingerprint density at radius 1 is 1.56 bits per heavy atom. The van der Waals surface area contributed by atoms with Crippen molar-refractivity contribution in [3.05, 3.63) is 36.0 Å². The van der Waals surface area contributed by atoms with Gasteiger partial charge in [0.2, 0.25) is 0 Å². The summed E-state index contributed by atoms with van der Waals surface area (Å²) in [7, 11) is 1.87. The van der Waals surface area contributed by atoms with Crippen molar-refractivity contribution in [2.75, 3.05) is 0 Å². The van der Waals surface area contributed by atoms with Crippen LogP contribution in [0.2, 0.25) is 0 Å². The SMILES string of the molecule is Cn1cc(OCc2ccoc2CNC2CC2)cn1. The van der Waals surface area contributed by atoms with E-state index in [1.807, 2.05) is 19.3 Å². The predicted octanol–water partition coefficient (Wildman–Crippen LogP) is 1.84. The van der Waals surface area contributed by atoms with E-state index in [9.17, 15) is 0 Å². The van der Waals surface area contributed by atoms with Gasteiger partial charge in [-0.25, -0.2) is 0 Å². The smallest absolute Gasteiger partial charge is 0.157 e. The Labute approximate surface area is 106 Å². The fourth-order valence-corrected chi connectivity index (χ4v) is 1.81. The molecule has 0 aromatic carbocycles. The van der Waals surface area contributed by atoms with Crippen molar-refractivity contribution in [1.29, 1.82) is 0 Å². The van der Waals surface area contributed by atoms with Crippen LogP contribution in [0.1, 0.15) is 24.2 Å². The van der Waals surface area contributed by atoms with Crippen LogP contribution in [0.4, 0.5) is 0 Å². The van der Waals surface area contributed by atoms with E-state index in [1.165, 1.54) is 12.8 Å². The Kier molecular flexibility index (Phi) is 3.06. The standard InChI is InChI=1S/C13H17N3O2/c1-16-8-12(6-15-16)18-9-10-4-5-17-13(10)7-14-11-2-3-11/h4-6,8,11,14H,2-3,7,9H2,1H3. The van der Waals surface area contributed by atoms with Crippen LogP contribution < -0.4 is 10.1 Å². The van der Waals surface area contributed by atoms with Gasteiger partial charge in [0.1, 0.15) is 12.4 Å². The third-order valence-corrected chi connectivity index (χ3v) is 3.04. The van der Waals surface area contributed by atoms with E-state index >= 15 is 0 Å². The summed E-state index contributed by atoms with van der Waals surface area (Å²) >= 11 is 0. The Balaban J connectivity index is 1.56. The minimum absolute atomic E-state index is 0.518. The summed E-state index contributed by atoms with van der Waals surface area (Å²) in [4.78, 5) is 0. The fraction of sp³-hybridized carbons (Fsp3) is 0.462. The van der Waals surface area contributed by atoms with Gasteiger partial charge in [0, 0.05) is 18.7 Å². The lowest BCUT2D eigenvalue weighted by molar-refractivity contribution is 0.301. The van der Waals surface area contributed by atoms with Gasteiger partial charge in [-0.05, 0) is 18.9 Å². The molecule has 1 N–H and O–H groups in total. The van der Waals surface area contributed by atoms with Crippen molar-refractivity contribution in [2.45, 2.75) is 32.0 Å². The van der Waals surface area contributed by atoms with Crippen LogP contribution >= 0.6 is 0 Å². The molecule has 0 unspecified atom stereocenters. The van der Waals surface area contributed by atoms with E-state index in [-0.39, 0.29) is 0 Å². The van der Waals surface area contributed by atoms with E-state index in [0.717, 1.165) is 23.6 Å². The maximum atomic E-state index is 5.66. The van der Waals surface area contributed by atoms with Crippen LogP contribution in [0.25, 0.3) is 0 Å². The third kappa shape index (κ3) is 2.73. The lowest BCUT2D eigenvalue weighted by Gasteiger charge is -2.05. The van der Waals surface area contributed by atoms with Gasteiger partial charge in [-0.15, -0.1) is 0 Å². The Bertz CT molecular complexity index is 514. The van der Waals surface area contributed by atoms with E-state index < -0.39 is 0 Å². The first kappa shape index (κ1) is 11.3. The van der Waals surface area contributed by atoms with Crippen molar-refractivity contribution >= 4 is 0 Å². The van der Waals surface area contributed by atoms with E-state index in [4.69, 9.17) is 9.15 Å². The van der Waals surface area contributed by atoms with Crippen LogP contribution in [0.3, 0.4) is 0 Å². The second-order valence-corrected chi connectivity index (χ2v) is 4.66. The largest absolute Gasteiger partial charge is 0.485 e. The highest BCUT2D eigenvalue weighted by atomic mass is 16.5. The van der Waals surface area contributed by atoms with Gasteiger partial charge < -0.3 is 14.5 Å². The summed E-state index contributed by atoms with van der Waals surface area (Å²) in [5.74, 6) is 1.74. The van der Waals surface area contributed by atoms with Crippen LogP contribution in [0, 0.1) is 0 Å². The third-order valence-electron chi connectivity index (χ3n) is 3.04. The molecule has 2 aromatic rings. The van der Waals surface area contributed by atoms with Gasteiger partial charge >= 0.3 is 0 Å². The molecule has 0 amide bonds. The molecule has 1 aliphatic carbocycles. The van der Waals surface area contributed by atoms with Crippen LogP contribution in [-0.2, 0) is 20.2 Å². The molecule has 5 heteroatoms. The highest BCUT2D eigenvalue weighted by molar-refractivity contribution is 5.18. The Morgan fingerprint density at radius 3 is 3.17 bits per heavy atom. The number of nitrogens with one attached hydrogen (secondary N) is 1. The second-order valence-electron chi connectivity index (χ2n) is 4.66. The summed E-state index contributed by atoms with van der Waals surface area (Å²) < 4.78 is 12.9. The molecule has 0 aliphatic heterocycles. The monoisotopic (exact) mass is 247 g/mol. The molecule has 0 radical (unpaired) electrons. The first-order valence-electron chi connectivity index (χ1n) is 6.21. The number of hydrogen-bond acceptors (Lipinski definition) is 4. The van der Waals surface area contributed by atoms with Crippen molar-refractivity contribution in [3.8, 4) is 5.75 Å². The summed E-state index contributed by atoms with van der Waals surface area (Å²) in [5.41, 5.74) is 1.09. The maximum absolute atomic E-state index is 5.66. The van der Waals surface area contributed by atoms with E-state index in [2.05, 4.69) is 10.4 Å². The molecule has 1 fully saturated rings. The molecule has 2 heterocycles. The van der Waals surface area contributed by atoms with Crippen molar-refractivity contribution in [3.63, 3.8) is 0 Å². The minimum atomic E-state index is 0.518. The number of rotatable bonds is 6. The molecule has 2 aromatic heterocycles. The van der Waals surface area contributed by atoms with Gasteiger partial charge in [0.15, 0.2) is 5.75 Å². The fourth-order valence-electron chi connectivity index (χ4n) is 1.81. The van der Waals surface area contributed by atoms with E-state index in [0.29, 0.717) is 12.6 Å². The lowest BCUT2D eigenvalue weighted by atomic mass is 10.2. The molecule has 0 atom stereocenters. The molecule has 0 saturated heterocycles. The predicted molar refractivity (Wildman–Crippen MR) is 66.1 cm³/mol. The normalized spacial score (nSPS) is 14.9. The zero-order chi connectivity index (χ0) is 12.4. The molecule has 0 spiro atoms. The molecule has 96 valence electrons. The first-order chi connectivity index (χ1) is 8.81. The highest BCUT2D eigenvalue weighted by Gasteiger charge is 2.21. The van der Waals surface area contributed by atoms with Crippen molar-refractivity contribution < 1.29 is 9.15 Å². The average molecular weight is 247 g/mol. The highest BCUT2D eigenvalue weighted by Crippen LogP contribution is 2.21. The van der Waals surface area contributed by atoms with Crippen LogP contribution in [0.15, 0.2) is 29.1 Å². The number of furan rings is 1. The topological polar surface area (TPSA) is 52.2 Å². The van der Waals surface area contributed by atoms with Gasteiger partial charge in [0.25, 0.3) is 0 Å². The molecular formula is C13H17N3O2. The second kappa shape index (κ2) is 4.86. The Morgan fingerprint density at radius 2 is 2.44 bits per heavy atom. The number of aryl methyl sites for hydroxylation is 1. The quantitative estimate of drug-likeness (QED) is 0.846. The summed E-state index contributed by atoms with van der Waals surface area (Å²) in [6.07, 6.45) is 7.83. The van der Waals surface area contributed by atoms with Gasteiger partial charge in [-0.3, -0.25) is 4.68 Å². The first-order valence-corrected chi connectivity index (χ1v) is 6.21. The van der Waals surface area contributed by atoms with E-state index in [1.54, 1.807) is 17.1 Å². The molecule has 3 rings (SSSR count). The molecular weight excluding hydrogens is 230 g/mol. The molecule has 5 nitrogen and oxygen atoms in total. The number of ether oxygens (including phenoxy) is 1. The molecule has 0 bridgehead atoms. The lowest BCUT2D eigenvalue weighted by Crippen LogP contribution is -2.16. The van der Waals surface area contributed by atoms with Crippen LogP contribution in [0.5, 0.6) is 5.75 Å². The number of aromatic nitrogens is 2. The number of nitrogens with zero attached hydrogens (tertiary/aromatic N) is 2. The van der Waals surface area contributed by atoms with Crippen molar-refractivity contribution in [2.24, 2.45) is 7.05 Å². The summed E-state index contributed by atoms with van der Waals surface area (Å²) in [5, 5.41) is 7.50. The zero-order valence-electron chi connectivity index (χ0n) is 10.4. The molecule has 18 heavy (non-hydrogen) atoms. The minimum Gasteiger partial charge on any atom is -0.485 e. The van der Waals surface area contributed by atoms with Gasteiger partial charge in [-0.1, -0.05) is 0 Å². The maximum Gasteiger partial charge on any atom is 0.157 e. The molecule has 1 saturated carbocycles. The Hall–Kier alpha value is -1.75. The number of hydrogen-bond donors (Lipinski definition) is 1. The van der Waals surface area contributed by atoms with Crippen molar-refractivity contribution in [1.82, 2.24) is 15.1 Å².